The molecule has 2 aliphatic heterocycles. The fraction of sp³-hybridized carbons (Fsp3) is 0.500. The average molecular weight is 310 g/mol. The Bertz CT molecular complexity index is 680. The molecule has 21 heavy (non-hydrogen) atoms. The molecule has 2 aliphatic rings. The predicted molar refractivity (Wildman–Crippen MR) is 77.5 cm³/mol. The number of aliphatic hydroxyl groups is 1. The second kappa shape index (κ2) is 5.08. The summed E-state index contributed by atoms with van der Waals surface area (Å²) < 4.78 is 26.4. The lowest BCUT2D eigenvalue weighted by atomic mass is 10.1. The van der Waals surface area contributed by atoms with Crippen LogP contribution in [0.2, 0.25) is 0 Å². The molecule has 0 aliphatic carbocycles. The van der Waals surface area contributed by atoms with Gasteiger partial charge < -0.3 is 10.0 Å². The molecule has 0 atom stereocenters. The molecule has 1 saturated heterocycles. The number of sulfonamides is 1. The van der Waals surface area contributed by atoms with Gasteiger partial charge in [0.2, 0.25) is 15.9 Å². The minimum Gasteiger partial charge on any atom is -0.396 e. The summed E-state index contributed by atoms with van der Waals surface area (Å²) in [7, 11) is -3.53. The molecule has 114 valence electrons. The highest BCUT2D eigenvalue weighted by atomic mass is 32.2. The van der Waals surface area contributed by atoms with Crippen LogP contribution in [0.25, 0.3) is 0 Å². The van der Waals surface area contributed by atoms with Gasteiger partial charge in [0, 0.05) is 44.8 Å². The number of hydrogen-bond donors (Lipinski definition) is 1. The van der Waals surface area contributed by atoms with Crippen LogP contribution in [0.15, 0.2) is 23.1 Å². The normalized spacial score (nSPS) is 19.4. The van der Waals surface area contributed by atoms with Crippen molar-refractivity contribution in [1.82, 2.24) is 4.31 Å². The van der Waals surface area contributed by atoms with Crippen molar-refractivity contribution < 1.29 is 18.3 Å². The van der Waals surface area contributed by atoms with Gasteiger partial charge in [0.15, 0.2) is 0 Å². The number of benzene rings is 1. The first-order valence-electron chi connectivity index (χ1n) is 6.95. The van der Waals surface area contributed by atoms with Gasteiger partial charge in [-0.2, -0.15) is 4.31 Å². The summed E-state index contributed by atoms with van der Waals surface area (Å²) in [6.07, 6.45) is 0.755. The maximum Gasteiger partial charge on any atom is 0.243 e. The number of anilines is 1. The van der Waals surface area contributed by atoms with Crippen molar-refractivity contribution in [3.8, 4) is 0 Å². The van der Waals surface area contributed by atoms with Gasteiger partial charge in [-0.05, 0) is 24.1 Å². The van der Waals surface area contributed by atoms with Gasteiger partial charge in [0.25, 0.3) is 0 Å². The summed E-state index contributed by atoms with van der Waals surface area (Å²) in [6, 6.07) is 4.98. The number of nitrogens with zero attached hydrogens (tertiary/aromatic N) is 2. The maximum atomic E-state index is 12.5. The van der Waals surface area contributed by atoms with Crippen LogP contribution in [-0.4, -0.2) is 50.0 Å². The minimum atomic E-state index is -3.53. The zero-order chi connectivity index (χ0) is 15.2. The summed E-state index contributed by atoms with van der Waals surface area (Å²) in [5.41, 5.74) is 1.70. The molecule has 0 bridgehead atoms. The smallest absolute Gasteiger partial charge is 0.243 e. The van der Waals surface area contributed by atoms with E-state index in [9.17, 15) is 13.2 Å². The number of aliphatic hydroxyl groups excluding tert-OH is 1. The molecule has 6 nitrogen and oxygen atoms in total. The first-order valence-corrected chi connectivity index (χ1v) is 8.39. The Labute approximate surface area is 124 Å². The lowest BCUT2D eigenvalue weighted by Gasteiger charge is -2.37. The van der Waals surface area contributed by atoms with Crippen molar-refractivity contribution in [2.75, 3.05) is 31.1 Å². The van der Waals surface area contributed by atoms with E-state index in [4.69, 9.17) is 5.11 Å². The third kappa shape index (κ3) is 2.35. The monoisotopic (exact) mass is 310 g/mol. The molecule has 7 heteroatoms. The molecule has 0 saturated carbocycles. The van der Waals surface area contributed by atoms with Gasteiger partial charge in [-0.15, -0.1) is 0 Å². The minimum absolute atomic E-state index is 0.00826. The highest BCUT2D eigenvalue weighted by Gasteiger charge is 2.37. The Hall–Kier alpha value is -1.44. The first kappa shape index (κ1) is 14.5. The standard InChI is InChI=1S/C14H18N2O4S/c1-10(18)16-5-4-12-2-3-13(6-14(12)16)21(19,20)15-7-11(8-15)9-17/h2-3,6,11,17H,4-5,7-9H2,1H3. The van der Waals surface area contributed by atoms with Gasteiger partial charge in [-0.25, -0.2) is 8.42 Å². The lowest BCUT2D eigenvalue weighted by Crippen LogP contribution is -2.51. The highest BCUT2D eigenvalue weighted by Crippen LogP contribution is 2.33. The summed E-state index contributed by atoms with van der Waals surface area (Å²) in [5, 5.41) is 9.00. The van der Waals surface area contributed by atoms with E-state index in [0.29, 0.717) is 25.3 Å². The van der Waals surface area contributed by atoms with Gasteiger partial charge in [0.1, 0.15) is 0 Å². The fourth-order valence-electron chi connectivity index (χ4n) is 2.83. The SMILES string of the molecule is CC(=O)N1CCc2ccc(S(=O)(=O)N3CC(CO)C3)cc21. The number of carbonyl (C=O) groups is 1. The molecule has 1 amide bonds. The summed E-state index contributed by atoms with van der Waals surface area (Å²) in [4.78, 5) is 13.4. The molecule has 2 heterocycles. The Morgan fingerprint density at radius 2 is 2.10 bits per heavy atom. The summed E-state index contributed by atoms with van der Waals surface area (Å²) in [5.74, 6) is -0.0458. The van der Waals surface area contributed by atoms with E-state index in [-0.39, 0.29) is 23.3 Å². The molecule has 0 radical (unpaired) electrons. The molecule has 0 spiro atoms. The molecule has 0 unspecified atom stereocenters. The average Bonchev–Trinajstić information content (AvgIpc) is 2.79. The van der Waals surface area contributed by atoms with E-state index in [0.717, 1.165) is 12.0 Å². The van der Waals surface area contributed by atoms with E-state index < -0.39 is 10.0 Å². The molecule has 0 aromatic heterocycles. The lowest BCUT2D eigenvalue weighted by molar-refractivity contribution is -0.116. The van der Waals surface area contributed by atoms with Crippen LogP contribution in [0.3, 0.4) is 0 Å². The van der Waals surface area contributed by atoms with Gasteiger partial charge in [0.05, 0.1) is 4.90 Å². The van der Waals surface area contributed by atoms with Crippen molar-refractivity contribution in [2.45, 2.75) is 18.2 Å². The maximum absolute atomic E-state index is 12.5. The summed E-state index contributed by atoms with van der Waals surface area (Å²) >= 11 is 0. The molecule has 1 fully saturated rings. The van der Waals surface area contributed by atoms with Crippen molar-refractivity contribution in [2.24, 2.45) is 5.92 Å². The van der Waals surface area contributed by atoms with Crippen molar-refractivity contribution in [1.29, 1.82) is 0 Å². The molecule has 1 aromatic carbocycles. The Morgan fingerprint density at radius 3 is 2.71 bits per heavy atom. The van der Waals surface area contributed by atoms with Crippen LogP contribution in [0.5, 0.6) is 0 Å². The fourth-order valence-corrected chi connectivity index (χ4v) is 4.44. The van der Waals surface area contributed by atoms with Gasteiger partial charge >= 0.3 is 0 Å². The second-order valence-electron chi connectivity index (χ2n) is 5.58. The Morgan fingerprint density at radius 1 is 1.38 bits per heavy atom. The van der Waals surface area contributed by atoms with Crippen molar-refractivity contribution >= 4 is 21.6 Å². The third-order valence-corrected chi connectivity index (χ3v) is 5.98. The number of fused-ring (bicyclic) bond motifs is 1. The zero-order valence-electron chi connectivity index (χ0n) is 11.8. The Balaban J connectivity index is 1.91. The quantitative estimate of drug-likeness (QED) is 0.865. The van der Waals surface area contributed by atoms with Crippen molar-refractivity contribution in [3.05, 3.63) is 23.8 Å². The van der Waals surface area contributed by atoms with Crippen LogP contribution in [0.4, 0.5) is 5.69 Å². The largest absolute Gasteiger partial charge is 0.396 e. The van der Waals surface area contributed by atoms with Crippen LogP contribution < -0.4 is 4.90 Å². The van der Waals surface area contributed by atoms with E-state index in [1.165, 1.54) is 11.2 Å². The number of hydrogen-bond acceptors (Lipinski definition) is 4. The van der Waals surface area contributed by atoms with E-state index >= 15 is 0 Å². The first-order chi connectivity index (χ1) is 9.93. The number of carbonyl (C=O) groups excluding carboxylic acids is 1. The topological polar surface area (TPSA) is 77.9 Å². The van der Waals surface area contributed by atoms with Gasteiger partial charge in [-0.1, -0.05) is 6.07 Å². The Kier molecular flexibility index (Phi) is 3.51. The van der Waals surface area contributed by atoms with Crippen LogP contribution in [-0.2, 0) is 21.2 Å². The molecule has 1 N–H and O–H groups in total. The van der Waals surface area contributed by atoms with Crippen LogP contribution in [0.1, 0.15) is 12.5 Å². The highest BCUT2D eigenvalue weighted by molar-refractivity contribution is 7.89. The number of amides is 1. The summed E-state index contributed by atoms with van der Waals surface area (Å²) in [6.45, 7) is 2.80. The predicted octanol–water partition coefficient (Wildman–Crippen LogP) is 0.208. The van der Waals surface area contributed by atoms with E-state index in [1.54, 1.807) is 23.1 Å². The van der Waals surface area contributed by atoms with E-state index in [1.807, 2.05) is 0 Å². The zero-order valence-corrected chi connectivity index (χ0v) is 12.6. The molecule has 3 rings (SSSR count). The van der Waals surface area contributed by atoms with Crippen LogP contribution >= 0.6 is 0 Å². The molecule has 1 aromatic rings. The van der Waals surface area contributed by atoms with E-state index in [2.05, 4.69) is 0 Å². The van der Waals surface area contributed by atoms with Gasteiger partial charge in [-0.3, -0.25) is 4.79 Å². The van der Waals surface area contributed by atoms with Crippen LogP contribution in [0, 0.1) is 5.92 Å². The number of rotatable bonds is 3. The molecular weight excluding hydrogens is 292 g/mol. The third-order valence-electron chi connectivity index (χ3n) is 4.15. The van der Waals surface area contributed by atoms with Crippen molar-refractivity contribution in [3.63, 3.8) is 0 Å². The molecular formula is C14H18N2O4S. The second-order valence-corrected chi connectivity index (χ2v) is 7.52.